The van der Waals surface area contributed by atoms with Gasteiger partial charge in [-0.15, -0.1) is 0 Å². The number of halogens is 2. The van der Waals surface area contributed by atoms with Crippen molar-refractivity contribution >= 4 is 79.9 Å². The normalized spacial score (nSPS) is 26.1. The fraction of sp³-hybridized carbons (Fsp3) is 0.800. The van der Waals surface area contributed by atoms with E-state index >= 15 is 0 Å². The minimum Gasteiger partial charge on any atom is -0.163 e. The van der Waals surface area contributed by atoms with Crippen molar-refractivity contribution in [1.82, 2.24) is 0 Å². The second kappa shape index (κ2) is 10.6. The molecule has 1 aromatic carbocycles. The van der Waals surface area contributed by atoms with Crippen LogP contribution in [-0.4, -0.2) is 45.4 Å². The Hall–Kier alpha value is 1.53. The Balaban J connectivity index is 3.29. The van der Waals surface area contributed by atoms with E-state index in [1.54, 1.807) is 5.30 Å². The third-order valence-corrected chi connectivity index (χ3v) is 96.6. The lowest BCUT2D eigenvalue weighted by Gasteiger charge is -2.62. The Labute approximate surface area is 260 Å². The molecule has 0 bridgehead atoms. The van der Waals surface area contributed by atoms with Gasteiger partial charge in [0.1, 0.15) is 0 Å². The third-order valence-electron chi connectivity index (χ3n) is 9.86. The fourth-order valence-electron chi connectivity index (χ4n) is 9.31. The molecule has 1 aliphatic heterocycles. The third kappa shape index (κ3) is 5.74. The van der Waals surface area contributed by atoms with Crippen LogP contribution in [0.3, 0.4) is 0 Å². The SMILES string of the molecule is CC(C)(C)CC([Si](C)(C)C)([Si](C)(C)C)[Si@]1(Cl)P(c2ccccc2)[Si@@]1(Cl)C(CC(C)(C)C)([Si](C)(C)C)[Si](C)(C)C. The highest BCUT2D eigenvalue weighted by atomic mass is 35.6. The minimum atomic E-state index is -2.51. The van der Waals surface area contributed by atoms with Gasteiger partial charge in [-0.2, -0.15) is 22.2 Å². The maximum atomic E-state index is 8.99. The van der Waals surface area contributed by atoms with E-state index in [4.69, 9.17) is 22.2 Å². The Morgan fingerprint density at radius 2 is 0.795 bits per heavy atom. The van der Waals surface area contributed by atoms with Gasteiger partial charge < -0.3 is 0 Å². The first-order valence-electron chi connectivity index (χ1n) is 15.1. The Bertz CT molecular complexity index is 930. The number of hydrogen-bond donors (Lipinski definition) is 0. The van der Waals surface area contributed by atoms with E-state index in [1.165, 1.54) is 12.8 Å². The van der Waals surface area contributed by atoms with Gasteiger partial charge in [-0.05, 0) is 37.5 Å². The van der Waals surface area contributed by atoms with Crippen molar-refractivity contribution in [2.45, 2.75) is 142 Å². The molecule has 2 atom stereocenters. The second-order valence-electron chi connectivity index (χ2n) is 19.2. The van der Waals surface area contributed by atoms with E-state index < -0.39 is 52.5 Å². The first kappa shape index (κ1) is 36.7. The van der Waals surface area contributed by atoms with Crippen molar-refractivity contribution in [2.75, 3.05) is 0 Å². The van der Waals surface area contributed by atoms with E-state index in [0.29, 0.717) is 0 Å². The average molecular weight is 694 g/mol. The maximum Gasteiger partial charge on any atom is 0.197 e. The van der Waals surface area contributed by atoms with Gasteiger partial charge in [0.15, 0.2) is 13.1 Å². The summed E-state index contributed by atoms with van der Waals surface area (Å²) in [6.07, 6.45) is 2.52. The fourth-order valence-corrected chi connectivity index (χ4v) is 163. The zero-order valence-electron chi connectivity index (χ0n) is 29.0. The summed E-state index contributed by atoms with van der Waals surface area (Å²) in [6, 6.07) is 11.6. The Kier molecular flexibility index (Phi) is 9.95. The van der Waals surface area contributed by atoms with Crippen molar-refractivity contribution in [2.24, 2.45) is 10.8 Å². The van der Waals surface area contributed by atoms with Gasteiger partial charge in [-0.25, -0.2) is 0 Å². The van der Waals surface area contributed by atoms with E-state index in [1.807, 2.05) is 0 Å². The second-order valence-corrected chi connectivity index (χ2v) is 71.0. The number of benzene rings is 1. The summed E-state index contributed by atoms with van der Waals surface area (Å²) in [6.45, 7) is 42.1. The summed E-state index contributed by atoms with van der Waals surface area (Å²) in [5.74, 6) is 0. The monoisotopic (exact) mass is 692 g/mol. The summed E-state index contributed by atoms with van der Waals surface area (Å²) in [7, 11) is -7.67. The quantitative estimate of drug-likeness (QED) is 0.137. The summed E-state index contributed by atoms with van der Waals surface area (Å²) in [5, 5.41) is 1.56. The van der Waals surface area contributed by atoms with Crippen molar-refractivity contribution in [3.63, 3.8) is 0 Å². The van der Waals surface area contributed by atoms with Crippen molar-refractivity contribution in [3.8, 4) is 0 Å². The first-order valence-corrected chi connectivity index (χ1v) is 39.2. The van der Waals surface area contributed by atoms with Crippen LogP contribution in [0.25, 0.3) is 0 Å². The minimum absolute atomic E-state index is 0.229. The van der Waals surface area contributed by atoms with E-state index in [-0.39, 0.29) is 19.4 Å². The summed E-state index contributed by atoms with van der Waals surface area (Å²) < 4.78 is 0.537. The van der Waals surface area contributed by atoms with Crippen molar-refractivity contribution in [1.29, 1.82) is 0 Å². The smallest absolute Gasteiger partial charge is 0.163 e. The largest absolute Gasteiger partial charge is 0.197 e. The summed E-state index contributed by atoms with van der Waals surface area (Å²) >= 11 is 18.0. The molecule has 0 spiro atoms. The van der Waals surface area contributed by atoms with Gasteiger partial charge in [0.2, 0.25) is 0 Å². The summed E-state index contributed by atoms with van der Waals surface area (Å²) in [4.78, 5) is 0. The number of rotatable bonds is 9. The van der Waals surface area contributed by atoms with Gasteiger partial charge in [0.25, 0.3) is 0 Å². The van der Waals surface area contributed by atoms with Gasteiger partial charge in [0.05, 0.1) is 0 Å². The molecule has 226 valence electrons. The highest BCUT2D eigenvalue weighted by Crippen LogP contribution is 2.95. The molecule has 39 heavy (non-hydrogen) atoms. The molecule has 0 unspecified atom stereocenters. The molecular formula is C30H63Cl2PSi6. The molecule has 0 nitrogen and oxygen atoms in total. The molecule has 0 aliphatic carbocycles. The molecule has 0 N–H and O–H groups in total. The van der Waals surface area contributed by atoms with E-state index in [0.717, 1.165) is 0 Å². The molecule has 0 saturated carbocycles. The van der Waals surface area contributed by atoms with Crippen LogP contribution in [0.1, 0.15) is 54.4 Å². The molecule has 1 saturated heterocycles. The van der Waals surface area contributed by atoms with Gasteiger partial charge in [-0.3, -0.25) is 0 Å². The lowest BCUT2D eigenvalue weighted by molar-refractivity contribution is 0.368. The highest BCUT2D eigenvalue weighted by Gasteiger charge is 2.96. The molecule has 1 heterocycles. The van der Waals surface area contributed by atoms with E-state index in [2.05, 4.69) is 150 Å². The molecule has 1 fully saturated rings. The highest BCUT2D eigenvalue weighted by molar-refractivity contribution is 8.65. The van der Waals surface area contributed by atoms with Crippen LogP contribution in [0.2, 0.25) is 87.1 Å². The maximum absolute atomic E-state index is 8.99. The standard InChI is InChI=1S/C30H63Cl2PSi6/c1-27(2,3)24-29(34(7,8)9,35(10,11)12)38(31)33(26-22-20-19-21-23-26)39(38,32)30(36(13,14)15,37(16,17)18)25-28(4,5)6/h19-23H,24-25H2,1-18H3/t38-,39-/m0/s1. The van der Waals surface area contributed by atoms with Gasteiger partial charge >= 0.3 is 0 Å². The van der Waals surface area contributed by atoms with Gasteiger partial charge in [-0.1, -0.05) is 157 Å². The van der Waals surface area contributed by atoms with Crippen LogP contribution in [-0.2, 0) is 0 Å². The predicted molar refractivity (Wildman–Crippen MR) is 203 cm³/mol. The van der Waals surface area contributed by atoms with Crippen LogP contribution < -0.4 is 5.30 Å². The van der Waals surface area contributed by atoms with Crippen LogP contribution in [0.4, 0.5) is 0 Å². The molecule has 1 aromatic rings. The summed E-state index contributed by atoms with van der Waals surface area (Å²) in [5.41, 5.74) is 0.458. The predicted octanol–water partition coefficient (Wildman–Crippen LogP) is 12.1. The molecule has 0 radical (unpaired) electrons. The Morgan fingerprint density at radius 1 is 0.538 bits per heavy atom. The lowest BCUT2D eigenvalue weighted by atomic mass is 9.93. The first-order chi connectivity index (χ1) is 16.9. The molecule has 0 aromatic heterocycles. The van der Waals surface area contributed by atoms with Gasteiger partial charge in [0, 0.05) is 32.3 Å². The number of hydrogen-bond acceptors (Lipinski definition) is 0. The van der Waals surface area contributed by atoms with Crippen LogP contribution in [0, 0.1) is 10.8 Å². The molecule has 9 heteroatoms. The molecule has 0 amide bonds. The van der Waals surface area contributed by atoms with E-state index in [9.17, 15) is 0 Å². The molecule has 1 aliphatic rings. The Morgan fingerprint density at radius 3 is 1.00 bits per heavy atom. The average Bonchev–Trinajstić information content (AvgIpc) is 3.17. The zero-order chi connectivity index (χ0) is 31.1. The molecular weight excluding hydrogens is 631 g/mol. The molecule has 2 rings (SSSR count). The topological polar surface area (TPSA) is 0 Å². The lowest BCUT2D eigenvalue weighted by Crippen LogP contribution is -2.71. The van der Waals surface area contributed by atoms with Crippen LogP contribution in [0.5, 0.6) is 0 Å². The van der Waals surface area contributed by atoms with Crippen molar-refractivity contribution < 1.29 is 0 Å². The van der Waals surface area contributed by atoms with Crippen LogP contribution in [0.15, 0.2) is 30.3 Å². The zero-order valence-corrected chi connectivity index (χ0v) is 37.4. The van der Waals surface area contributed by atoms with Crippen molar-refractivity contribution in [3.05, 3.63) is 30.3 Å². The van der Waals surface area contributed by atoms with Crippen LogP contribution >= 0.6 is 29.2 Å².